The molecule has 1 aliphatic rings. The number of halogens is 3. The smallest absolute Gasteiger partial charge is 0.322 e. The molecule has 0 fully saturated rings. The summed E-state index contributed by atoms with van der Waals surface area (Å²) in [5, 5.41) is 2.63. The Morgan fingerprint density at radius 2 is 1.67 bits per heavy atom. The zero-order valence-electron chi connectivity index (χ0n) is 14.2. The zero-order chi connectivity index (χ0) is 19.8. The van der Waals surface area contributed by atoms with Crippen molar-refractivity contribution in [3.63, 3.8) is 0 Å². The maximum absolute atomic E-state index is 12.6. The highest BCUT2D eigenvalue weighted by atomic mass is 19.4. The summed E-state index contributed by atoms with van der Waals surface area (Å²) in [5.74, 6) is -1.17. The molecular formula is C20H14F3NO3. The molecule has 7 heteroatoms. The van der Waals surface area contributed by atoms with E-state index in [-0.39, 0.29) is 23.3 Å². The van der Waals surface area contributed by atoms with Crippen molar-refractivity contribution in [2.75, 3.05) is 5.32 Å². The van der Waals surface area contributed by atoms with Crippen LogP contribution in [0.2, 0.25) is 0 Å². The minimum absolute atomic E-state index is 0.0565. The molecule has 0 radical (unpaired) electrons. The fraction of sp³-hybridized carbons (Fsp3) is 0.150. The van der Waals surface area contributed by atoms with Crippen LogP contribution in [-0.2, 0) is 17.4 Å². The first-order chi connectivity index (χ1) is 12.6. The summed E-state index contributed by atoms with van der Waals surface area (Å²) < 4.78 is 37.8. The van der Waals surface area contributed by atoms with E-state index < -0.39 is 23.4 Å². The highest BCUT2D eigenvalue weighted by Crippen LogP contribution is 2.30. The lowest BCUT2D eigenvalue weighted by Gasteiger charge is -2.19. The molecule has 2 aromatic carbocycles. The molecule has 0 saturated heterocycles. The predicted molar refractivity (Wildman–Crippen MR) is 92.6 cm³/mol. The average Bonchev–Trinajstić information content (AvgIpc) is 2.61. The van der Waals surface area contributed by atoms with Crippen LogP contribution in [0.1, 0.15) is 38.8 Å². The van der Waals surface area contributed by atoms with Gasteiger partial charge >= 0.3 is 6.18 Å². The first kappa shape index (κ1) is 18.6. The van der Waals surface area contributed by atoms with Crippen LogP contribution in [0.15, 0.2) is 54.1 Å². The van der Waals surface area contributed by atoms with Gasteiger partial charge in [0.2, 0.25) is 0 Å². The molecule has 0 aromatic heterocycles. The number of nitrogens with one attached hydrogen (secondary N) is 1. The number of carbonyl (C=O) groups is 3. The van der Waals surface area contributed by atoms with Crippen LogP contribution >= 0.6 is 0 Å². The zero-order valence-corrected chi connectivity index (χ0v) is 14.2. The van der Waals surface area contributed by atoms with Crippen molar-refractivity contribution in [3.05, 3.63) is 76.4 Å². The minimum atomic E-state index is -4.48. The number of rotatable bonds is 3. The van der Waals surface area contributed by atoms with E-state index in [0.29, 0.717) is 11.3 Å². The van der Waals surface area contributed by atoms with Gasteiger partial charge in [-0.2, -0.15) is 13.2 Å². The number of Topliss-reactive ketones (excluding diaryl/α,β-unsaturated/α-hetero) is 1. The maximum atomic E-state index is 12.6. The first-order valence-electron chi connectivity index (χ1n) is 8.02. The number of fused-ring (bicyclic) bond motifs is 1. The minimum Gasteiger partial charge on any atom is -0.322 e. The van der Waals surface area contributed by atoms with Gasteiger partial charge in [-0.25, -0.2) is 0 Å². The number of amides is 1. The molecule has 0 atom stereocenters. The molecule has 138 valence electrons. The van der Waals surface area contributed by atoms with Gasteiger partial charge in [-0.15, -0.1) is 0 Å². The second kappa shape index (κ2) is 6.83. The van der Waals surface area contributed by atoms with Gasteiger partial charge in [-0.3, -0.25) is 14.4 Å². The van der Waals surface area contributed by atoms with E-state index in [0.717, 1.165) is 35.9 Å². The van der Waals surface area contributed by atoms with Gasteiger partial charge in [-0.1, -0.05) is 24.3 Å². The Kier molecular flexibility index (Phi) is 4.70. The molecule has 0 aliphatic carbocycles. The molecule has 0 saturated carbocycles. The molecule has 4 nitrogen and oxygen atoms in total. The Morgan fingerprint density at radius 3 is 2.26 bits per heavy atom. The highest BCUT2D eigenvalue weighted by molar-refractivity contribution is 6.14. The fourth-order valence-corrected chi connectivity index (χ4v) is 2.74. The number of hydrogen-bond donors (Lipinski definition) is 1. The molecule has 0 bridgehead atoms. The van der Waals surface area contributed by atoms with Gasteiger partial charge in [-0.05, 0) is 36.8 Å². The summed E-state index contributed by atoms with van der Waals surface area (Å²) in [5.41, 5.74) is 1.11. The van der Waals surface area contributed by atoms with E-state index in [2.05, 4.69) is 5.32 Å². The van der Waals surface area contributed by atoms with Crippen molar-refractivity contribution < 1.29 is 27.6 Å². The van der Waals surface area contributed by atoms with E-state index >= 15 is 0 Å². The van der Waals surface area contributed by atoms with Gasteiger partial charge < -0.3 is 5.32 Å². The topological polar surface area (TPSA) is 63.2 Å². The summed E-state index contributed by atoms with van der Waals surface area (Å²) in [7, 11) is 0. The summed E-state index contributed by atoms with van der Waals surface area (Å²) in [6.45, 7) is 1.42. The largest absolute Gasteiger partial charge is 0.416 e. The van der Waals surface area contributed by atoms with Gasteiger partial charge in [0.15, 0.2) is 11.6 Å². The maximum Gasteiger partial charge on any atom is 0.416 e. The summed E-state index contributed by atoms with van der Waals surface area (Å²) in [6, 6.07) is 8.71. The fourth-order valence-electron chi connectivity index (χ4n) is 2.74. The van der Waals surface area contributed by atoms with E-state index in [4.69, 9.17) is 0 Å². The Bertz CT molecular complexity index is 973. The molecule has 1 aliphatic heterocycles. The number of ketones is 2. The molecule has 2 aromatic rings. The van der Waals surface area contributed by atoms with Crippen molar-refractivity contribution >= 4 is 23.2 Å². The van der Waals surface area contributed by atoms with E-state index in [1.807, 2.05) is 0 Å². The summed E-state index contributed by atoms with van der Waals surface area (Å²) in [6.07, 6.45) is -3.17. The molecule has 1 heterocycles. The molecule has 0 spiro atoms. The quantitative estimate of drug-likeness (QED) is 0.648. The number of alkyl halides is 3. The normalized spacial score (nSPS) is 15.3. The third-order valence-corrected chi connectivity index (χ3v) is 4.24. The van der Waals surface area contributed by atoms with Crippen LogP contribution in [0.3, 0.4) is 0 Å². The second-order valence-electron chi connectivity index (χ2n) is 6.17. The average molecular weight is 373 g/mol. The third-order valence-electron chi connectivity index (χ3n) is 4.24. The van der Waals surface area contributed by atoms with E-state index in [1.54, 1.807) is 18.2 Å². The van der Waals surface area contributed by atoms with Crippen molar-refractivity contribution in [1.82, 2.24) is 0 Å². The van der Waals surface area contributed by atoms with Crippen molar-refractivity contribution in [1.29, 1.82) is 0 Å². The lowest BCUT2D eigenvalue weighted by molar-refractivity contribution is -0.137. The lowest BCUT2D eigenvalue weighted by atomic mass is 9.94. The lowest BCUT2D eigenvalue weighted by Crippen LogP contribution is -2.23. The van der Waals surface area contributed by atoms with Crippen LogP contribution < -0.4 is 5.32 Å². The molecule has 0 unspecified atom stereocenters. The number of anilines is 1. The SMILES string of the molecule is CC(=O)c1ccc2c(c1)NC(=O)/C(=C/C(=O)c1ccc(C(F)(F)F)cc1)C2. The molecule has 1 N–H and O–H groups in total. The van der Waals surface area contributed by atoms with Gasteiger partial charge in [0.25, 0.3) is 5.91 Å². The van der Waals surface area contributed by atoms with Gasteiger partial charge in [0, 0.05) is 28.8 Å². The standard InChI is InChI=1S/C20H14F3NO3/c1-11(25)13-2-3-14-8-15(19(27)24-17(14)9-13)10-18(26)12-4-6-16(7-5-12)20(21,22)23/h2-7,9-10H,8H2,1H3,(H,24,27)/b15-10+. The van der Waals surface area contributed by atoms with Gasteiger partial charge in [0.05, 0.1) is 5.56 Å². The molecule has 1 amide bonds. The van der Waals surface area contributed by atoms with Gasteiger partial charge in [0.1, 0.15) is 0 Å². The predicted octanol–water partition coefficient (Wildman–Crippen LogP) is 4.21. The Balaban J connectivity index is 1.84. The monoisotopic (exact) mass is 373 g/mol. The van der Waals surface area contributed by atoms with Crippen LogP contribution in [0.25, 0.3) is 0 Å². The van der Waals surface area contributed by atoms with Crippen LogP contribution in [0.5, 0.6) is 0 Å². The Morgan fingerprint density at radius 1 is 1.04 bits per heavy atom. The van der Waals surface area contributed by atoms with Crippen LogP contribution in [0.4, 0.5) is 18.9 Å². The van der Waals surface area contributed by atoms with Crippen LogP contribution in [-0.4, -0.2) is 17.5 Å². The Labute approximate surface area is 152 Å². The van der Waals surface area contributed by atoms with Crippen molar-refractivity contribution in [2.24, 2.45) is 0 Å². The molecular weight excluding hydrogens is 359 g/mol. The third kappa shape index (κ3) is 3.97. The summed E-state index contributed by atoms with van der Waals surface area (Å²) >= 11 is 0. The molecule has 3 rings (SSSR count). The number of benzene rings is 2. The number of allylic oxidation sites excluding steroid dienone is 1. The van der Waals surface area contributed by atoms with Crippen molar-refractivity contribution in [3.8, 4) is 0 Å². The second-order valence-corrected chi connectivity index (χ2v) is 6.17. The molecule has 27 heavy (non-hydrogen) atoms. The summed E-state index contributed by atoms with van der Waals surface area (Å²) in [4.78, 5) is 35.9. The van der Waals surface area contributed by atoms with E-state index in [9.17, 15) is 27.6 Å². The first-order valence-corrected chi connectivity index (χ1v) is 8.02. The van der Waals surface area contributed by atoms with E-state index in [1.165, 1.54) is 6.92 Å². The number of carbonyl (C=O) groups excluding carboxylic acids is 3. The van der Waals surface area contributed by atoms with Crippen LogP contribution in [0, 0.1) is 0 Å². The van der Waals surface area contributed by atoms with Crippen molar-refractivity contribution in [2.45, 2.75) is 19.5 Å². The Hall–Kier alpha value is -3.22. The highest BCUT2D eigenvalue weighted by Gasteiger charge is 2.30. The number of hydrogen-bond acceptors (Lipinski definition) is 3.